The van der Waals surface area contributed by atoms with Crippen molar-refractivity contribution >= 4 is 34.8 Å². The Morgan fingerprint density at radius 3 is 2.67 bits per heavy atom. The van der Waals surface area contributed by atoms with Crippen LogP contribution in [0.2, 0.25) is 5.28 Å². The lowest BCUT2D eigenvalue weighted by Crippen LogP contribution is -2.33. The number of anilines is 3. The van der Waals surface area contributed by atoms with E-state index < -0.39 is 12.2 Å². The number of rotatable bonds is 4. The van der Waals surface area contributed by atoms with Crippen LogP contribution in [0.4, 0.5) is 30.8 Å². The zero-order valence-corrected chi connectivity index (χ0v) is 13.0. The highest BCUT2D eigenvalue weighted by Crippen LogP contribution is 2.23. The second kappa shape index (κ2) is 6.11. The maximum absolute atomic E-state index is 12.6. The average Bonchev–Trinajstić information content (AvgIpc) is 2.93. The van der Waals surface area contributed by atoms with Crippen molar-refractivity contribution in [3.05, 3.63) is 36.0 Å². The minimum atomic E-state index is -4.43. The van der Waals surface area contributed by atoms with E-state index in [0.717, 1.165) is 6.92 Å². The molecule has 3 aromatic rings. The number of hydrogen-bond donors (Lipinski definition) is 2. The van der Waals surface area contributed by atoms with Crippen LogP contribution in [0.15, 0.2) is 30.7 Å². The van der Waals surface area contributed by atoms with Gasteiger partial charge in [0.2, 0.25) is 17.2 Å². The lowest BCUT2D eigenvalue weighted by Gasteiger charge is -2.17. The molecule has 126 valence electrons. The number of hydrogen-bond acceptors (Lipinski definition) is 6. The SMILES string of the molecule is C[C@@H](Nc1nc(Cl)nc(Nc2ccn3ccnc3c2)n1)C(F)(F)F. The Labute approximate surface area is 138 Å². The van der Waals surface area contributed by atoms with Crippen LogP contribution in [-0.4, -0.2) is 36.6 Å². The third kappa shape index (κ3) is 3.65. The summed E-state index contributed by atoms with van der Waals surface area (Å²) >= 11 is 5.75. The topological polar surface area (TPSA) is 80.0 Å². The van der Waals surface area contributed by atoms with Gasteiger partial charge >= 0.3 is 6.18 Å². The van der Waals surface area contributed by atoms with E-state index in [0.29, 0.717) is 11.3 Å². The smallest absolute Gasteiger partial charge is 0.343 e. The van der Waals surface area contributed by atoms with Gasteiger partial charge in [0.25, 0.3) is 0 Å². The van der Waals surface area contributed by atoms with E-state index in [-0.39, 0.29) is 17.2 Å². The highest BCUT2D eigenvalue weighted by molar-refractivity contribution is 6.28. The van der Waals surface area contributed by atoms with Gasteiger partial charge in [-0.05, 0) is 24.6 Å². The summed E-state index contributed by atoms with van der Waals surface area (Å²) in [6.07, 6.45) is 0.746. The first-order valence-corrected chi connectivity index (χ1v) is 7.13. The molecule has 0 spiro atoms. The molecule has 3 heterocycles. The van der Waals surface area contributed by atoms with Gasteiger partial charge < -0.3 is 15.0 Å². The Hall–Kier alpha value is -2.62. The fraction of sp³-hybridized carbons (Fsp3) is 0.231. The van der Waals surface area contributed by atoms with E-state index in [1.807, 2.05) is 0 Å². The van der Waals surface area contributed by atoms with Gasteiger partial charge in [0.1, 0.15) is 11.7 Å². The molecule has 2 N–H and O–H groups in total. The predicted molar refractivity (Wildman–Crippen MR) is 82.5 cm³/mol. The first kappa shape index (κ1) is 16.2. The van der Waals surface area contributed by atoms with Crippen LogP contribution in [-0.2, 0) is 0 Å². The summed E-state index contributed by atoms with van der Waals surface area (Å²) in [5.41, 5.74) is 1.29. The number of pyridine rings is 1. The molecule has 24 heavy (non-hydrogen) atoms. The summed E-state index contributed by atoms with van der Waals surface area (Å²) in [7, 11) is 0. The summed E-state index contributed by atoms with van der Waals surface area (Å²) in [6.45, 7) is 0.955. The monoisotopic (exact) mass is 357 g/mol. The maximum atomic E-state index is 12.6. The number of imidazole rings is 1. The van der Waals surface area contributed by atoms with E-state index in [1.165, 1.54) is 0 Å². The standard InChI is InChI=1S/C13H11ClF3N7/c1-7(13(15,16)17)19-11-21-10(14)22-12(23-11)20-8-2-4-24-5-3-18-9(24)6-8/h2-7H,1H3,(H2,19,20,21,22,23)/t7-/m1/s1. The molecule has 0 fully saturated rings. The summed E-state index contributed by atoms with van der Waals surface area (Å²) in [5.74, 6) is -0.257. The van der Waals surface area contributed by atoms with Gasteiger partial charge in [-0.3, -0.25) is 0 Å². The normalized spacial score (nSPS) is 13.0. The largest absolute Gasteiger partial charge is 0.408 e. The minimum absolute atomic E-state index is 0.0165. The summed E-state index contributed by atoms with van der Waals surface area (Å²) in [5, 5.41) is 4.77. The number of fused-ring (bicyclic) bond motifs is 1. The van der Waals surface area contributed by atoms with Crippen molar-refractivity contribution in [2.75, 3.05) is 10.6 Å². The van der Waals surface area contributed by atoms with E-state index in [1.54, 1.807) is 35.1 Å². The molecule has 3 rings (SSSR count). The van der Waals surface area contributed by atoms with Gasteiger partial charge in [-0.15, -0.1) is 0 Å². The van der Waals surface area contributed by atoms with Crippen molar-refractivity contribution in [1.29, 1.82) is 0 Å². The average molecular weight is 358 g/mol. The van der Waals surface area contributed by atoms with E-state index in [2.05, 4.69) is 30.6 Å². The van der Waals surface area contributed by atoms with E-state index in [9.17, 15) is 13.2 Å². The third-order valence-electron chi connectivity index (χ3n) is 3.10. The fourth-order valence-electron chi connectivity index (χ4n) is 1.86. The lowest BCUT2D eigenvalue weighted by atomic mass is 10.3. The lowest BCUT2D eigenvalue weighted by molar-refractivity contribution is -0.138. The molecule has 0 bridgehead atoms. The Morgan fingerprint density at radius 1 is 1.17 bits per heavy atom. The van der Waals surface area contributed by atoms with E-state index >= 15 is 0 Å². The van der Waals surface area contributed by atoms with Gasteiger partial charge in [0.15, 0.2) is 0 Å². The molecular weight excluding hydrogens is 347 g/mol. The molecular formula is C13H11ClF3N7. The van der Waals surface area contributed by atoms with Gasteiger partial charge in [-0.25, -0.2) is 4.98 Å². The number of halogens is 4. The van der Waals surface area contributed by atoms with Crippen molar-refractivity contribution in [2.45, 2.75) is 19.1 Å². The van der Waals surface area contributed by atoms with Crippen molar-refractivity contribution in [1.82, 2.24) is 24.3 Å². The van der Waals surface area contributed by atoms with Crippen LogP contribution in [0.1, 0.15) is 6.92 Å². The zero-order valence-electron chi connectivity index (χ0n) is 12.2. The molecule has 3 aromatic heterocycles. The van der Waals surface area contributed by atoms with Crippen molar-refractivity contribution in [2.24, 2.45) is 0 Å². The van der Waals surface area contributed by atoms with Gasteiger partial charge in [-0.1, -0.05) is 0 Å². The molecule has 0 aliphatic carbocycles. The highest BCUT2D eigenvalue weighted by Gasteiger charge is 2.36. The van der Waals surface area contributed by atoms with Gasteiger partial charge in [0, 0.05) is 30.3 Å². The molecule has 0 radical (unpaired) electrons. The Bertz CT molecular complexity index is 864. The van der Waals surface area contributed by atoms with Crippen LogP contribution >= 0.6 is 11.6 Å². The fourth-order valence-corrected chi connectivity index (χ4v) is 2.02. The molecule has 0 aliphatic heterocycles. The summed E-state index contributed by atoms with van der Waals surface area (Å²) < 4.78 is 39.6. The molecule has 11 heteroatoms. The number of nitrogens with zero attached hydrogens (tertiary/aromatic N) is 5. The van der Waals surface area contributed by atoms with Crippen LogP contribution in [0, 0.1) is 0 Å². The Balaban J connectivity index is 1.82. The molecule has 0 aliphatic rings. The van der Waals surface area contributed by atoms with Gasteiger partial charge in [-0.2, -0.15) is 28.1 Å². The number of aromatic nitrogens is 5. The Kier molecular flexibility index (Phi) is 4.14. The first-order chi connectivity index (χ1) is 11.3. The minimum Gasteiger partial charge on any atom is -0.343 e. The predicted octanol–water partition coefficient (Wildman–Crippen LogP) is 3.28. The number of nitrogens with one attached hydrogen (secondary N) is 2. The quantitative estimate of drug-likeness (QED) is 0.746. The zero-order chi connectivity index (χ0) is 17.3. The molecule has 0 unspecified atom stereocenters. The van der Waals surface area contributed by atoms with Crippen LogP contribution in [0.5, 0.6) is 0 Å². The molecule has 1 atom stereocenters. The Morgan fingerprint density at radius 2 is 1.92 bits per heavy atom. The molecule has 0 amide bonds. The summed E-state index contributed by atoms with van der Waals surface area (Å²) in [6, 6.07) is 1.63. The number of alkyl halides is 3. The molecule has 0 saturated heterocycles. The van der Waals surface area contributed by atoms with Gasteiger partial charge in [0.05, 0.1) is 0 Å². The molecule has 0 saturated carbocycles. The van der Waals surface area contributed by atoms with Crippen molar-refractivity contribution in [3.63, 3.8) is 0 Å². The van der Waals surface area contributed by atoms with Crippen LogP contribution in [0.3, 0.4) is 0 Å². The van der Waals surface area contributed by atoms with Crippen molar-refractivity contribution in [3.8, 4) is 0 Å². The van der Waals surface area contributed by atoms with Crippen molar-refractivity contribution < 1.29 is 13.2 Å². The van der Waals surface area contributed by atoms with Crippen LogP contribution < -0.4 is 10.6 Å². The van der Waals surface area contributed by atoms with E-state index in [4.69, 9.17) is 11.6 Å². The second-order valence-corrected chi connectivity index (χ2v) is 5.23. The third-order valence-corrected chi connectivity index (χ3v) is 3.27. The molecule has 0 aromatic carbocycles. The highest BCUT2D eigenvalue weighted by atomic mass is 35.5. The first-order valence-electron chi connectivity index (χ1n) is 6.76. The summed E-state index contributed by atoms with van der Waals surface area (Å²) in [4.78, 5) is 15.5. The van der Waals surface area contributed by atoms with Crippen LogP contribution in [0.25, 0.3) is 5.65 Å². The molecule has 7 nitrogen and oxygen atoms in total. The maximum Gasteiger partial charge on any atom is 0.408 e. The second-order valence-electron chi connectivity index (χ2n) is 4.89.